The third-order valence-corrected chi connectivity index (χ3v) is 6.00. The average Bonchev–Trinajstić information content (AvgIpc) is 3.25. The summed E-state index contributed by atoms with van der Waals surface area (Å²) in [6.45, 7) is 5.73. The molecule has 7 nitrogen and oxygen atoms in total. The van der Waals surface area contributed by atoms with Gasteiger partial charge in [-0.1, -0.05) is 41.1 Å². The Morgan fingerprint density at radius 1 is 1.17 bits per heavy atom. The summed E-state index contributed by atoms with van der Waals surface area (Å²) in [5, 5.41) is 19.9. The van der Waals surface area contributed by atoms with Gasteiger partial charge in [-0.15, -0.1) is 10.2 Å². The van der Waals surface area contributed by atoms with Crippen molar-refractivity contribution in [1.29, 1.82) is 0 Å². The summed E-state index contributed by atoms with van der Waals surface area (Å²) in [5.74, 6) is 0.369. The van der Waals surface area contributed by atoms with Crippen molar-refractivity contribution in [1.82, 2.24) is 25.1 Å². The second kappa shape index (κ2) is 8.10. The Balaban J connectivity index is 1.54. The van der Waals surface area contributed by atoms with Crippen molar-refractivity contribution in [2.75, 3.05) is 5.32 Å². The number of halogens is 1. The highest BCUT2D eigenvalue weighted by Gasteiger charge is 2.16. The molecule has 0 bridgehead atoms. The number of carbonyl (C=O) groups excluding carboxylic acids is 1. The lowest BCUT2D eigenvalue weighted by molar-refractivity contribution is 0.0978. The van der Waals surface area contributed by atoms with Gasteiger partial charge in [-0.3, -0.25) is 10.1 Å². The largest absolute Gasteiger partial charge is 0.332 e. The zero-order valence-electron chi connectivity index (χ0n) is 16.4. The first kappa shape index (κ1) is 20.4. The zero-order valence-corrected chi connectivity index (χ0v) is 18.7. The van der Waals surface area contributed by atoms with Crippen LogP contribution in [0.1, 0.15) is 27.3 Å². The van der Waals surface area contributed by atoms with Gasteiger partial charge >= 0.3 is 0 Å². The van der Waals surface area contributed by atoms with Gasteiger partial charge in [0.15, 0.2) is 10.9 Å². The fraction of sp³-hybridized carbons (Fsp3) is 0.150. The Labute approximate surface area is 187 Å². The van der Waals surface area contributed by atoms with E-state index in [0.29, 0.717) is 10.6 Å². The molecule has 2 heterocycles. The van der Waals surface area contributed by atoms with Crippen molar-refractivity contribution in [3.05, 3.63) is 63.9 Å². The number of anilines is 1. The summed E-state index contributed by atoms with van der Waals surface area (Å²) in [5.41, 5.74) is 4.02. The van der Waals surface area contributed by atoms with Crippen molar-refractivity contribution >= 4 is 56.8 Å². The zero-order chi connectivity index (χ0) is 21.4. The molecule has 0 atom stereocenters. The summed E-state index contributed by atoms with van der Waals surface area (Å²) in [4.78, 5) is 13.2. The second-order valence-electron chi connectivity index (χ2n) is 6.72. The van der Waals surface area contributed by atoms with Crippen molar-refractivity contribution in [2.45, 2.75) is 20.8 Å². The molecule has 0 radical (unpaired) electrons. The number of amides is 1. The van der Waals surface area contributed by atoms with Gasteiger partial charge in [-0.25, -0.2) is 0 Å². The number of hydrogen-bond acceptors (Lipinski definition) is 6. The van der Waals surface area contributed by atoms with E-state index in [9.17, 15) is 4.79 Å². The van der Waals surface area contributed by atoms with Gasteiger partial charge in [0.1, 0.15) is 5.01 Å². The van der Waals surface area contributed by atoms with E-state index in [-0.39, 0.29) is 11.0 Å². The molecular formula is C20H17ClN6OS2. The van der Waals surface area contributed by atoms with E-state index in [2.05, 4.69) is 25.9 Å². The number of nitrogens with zero attached hydrogens (tertiary/aromatic N) is 4. The number of aryl methyl sites for hydroxylation is 2. The molecule has 0 aliphatic rings. The lowest BCUT2D eigenvalue weighted by Crippen LogP contribution is -2.34. The van der Waals surface area contributed by atoms with Crippen LogP contribution in [0.3, 0.4) is 0 Å². The summed E-state index contributed by atoms with van der Waals surface area (Å²) in [6, 6.07) is 11.0. The molecule has 2 N–H and O–H groups in total. The molecule has 2 aromatic carbocycles. The van der Waals surface area contributed by atoms with Crippen LogP contribution in [0.15, 0.2) is 36.4 Å². The standard InChI is InChI=1S/C20H17ClN6OS2/c1-10-7-8-14(15(21)9-10)17(28)23-19(29)22-16-6-4-5-13(11(16)2)18-26-27-12(3)24-25-20(27)30-18/h4-9H,1-3H3,(H2,22,23,28,29). The molecule has 10 heteroatoms. The van der Waals surface area contributed by atoms with Crippen LogP contribution in [-0.2, 0) is 0 Å². The molecule has 0 unspecified atom stereocenters. The van der Waals surface area contributed by atoms with Crippen molar-refractivity contribution in [3.8, 4) is 10.6 Å². The molecule has 0 saturated heterocycles. The van der Waals surface area contributed by atoms with Crippen molar-refractivity contribution in [2.24, 2.45) is 0 Å². The van der Waals surface area contributed by atoms with Gasteiger partial charge < -0.3 is 5.32 Å². The van der Waals surface area contributed by atoms with Crippen LogP contribution in [0.5, 0.6) is 0 Å². The SMILES string of the molecule is Cc1ccc(C(=O)NC(=S)Nc2cccc(-c3nn4c(C)nnc4s3)c2C)c(Cl)c1. The molecule has 4 rings (SSSR count). The Morgan fingerprint density at radius 3 is 2.70 bits per heavy atom. The number of benzene rings is 2. The quantitative estimate of drug-likeness (QED) is 0.440. The highest BCUT2D eigenvalue weighted by atomic mass is 35.5. The van der Waals surface area contributed by atoms with Gasteiger partial charge in [-0.2, -0.15) is 9.61 Å². The van der Waals surface area contributed by atoms with E-state index in [0.717, 1.165) is 38.2 Å². The average molecular weight is 457 g/mol. The van der Waals surface area contributed by atoms with E-state index in [1.165, 1.54) is 11.3 Å². The van der Waals surface area contributed by atoms with E-state index >= 15 is 0 Å². The van der Waals surface area contributed by atoms with Crippen LogP contribution < -0.4 is 10.6 Å². The number of aromatic nitrogens is 4. The van der Waals surface area contributed by atoms with Crippen LogP contribution in [0.4, 0.5) is 5.69 Å². The van der Waals surface area contributed by atoms with Gasteiger partial charge in [0.05, 0.1) is 10.6 Å². The highest BCUT2D eigenvalue weighted by molar-refractivity contribution is 7.80. The van der Waals surface area contributed by atoms with Crippen LogP contribution in [0.25, 0.3) is 15.5 Å². The fourth-order valence-corrected chi connectivity index (χ4v) is 4.45. The summed E-state index contributed by atoms with van der Waals surface area (Å²) in [7, 11) is 0. The maximum atomic E-state index is 12.5. The predicted octanol–water partition coefficient (Wildman–Crippen LogP) is 4.56. The minimum absolute atomic E-state index is 0.186. The first-order chi connectivity index (χ1) is 14.3. The maximum absolute atomic E-state index is 12.5. The van der Waals surface area contributed by atoms with E-state index in [1.807, 2.05) is 45.0 Å². The summed E-state index contributed by atoms with van der Waals surface area (Å²) in [6.07, 6.45) is 0. The number of fused-ring (bicyclic) bond motifs is 1. The van der Waals surface area contributed by atoms with Gasteiger partial charge in [0.2, 0.25) is 4.96 Å². The molecule has 2 aromatic heterocycles. The summed E-state index contributed by atoms with van der Waals surface area (Å²) < 4.78 is 1.72. The van der Waals surface area contributed by atoms with Crippen LogP contribution in [0, 0.1) is 20.8 Å². The minimum Gasteiger partial charge on any atom is -0.332 e. The second-order valence-corrected chi connectivity index (χ2v) is 8.49. The van der Waals surface area contributed by atoms with E-state index in [1.54, 1.807) is 16.6 Å². The summed E-state index contributed by atoms with van der Waals surface area (Å²) >= 11 is 13.0. The lowest BCUT2D eigenvalue weighted by atomic mass is 10.1. The third kappa shape index (κ3) is 3.91. The molecule has 152 valence electrons. The van der Waals surface area contributed by atoms with Crippen LogP contribution in [-0.4, -0.2) is 30.8 Å². The van der Waals surface area contributed by atoms with Gasteiger partial charge in [0.25, 0.3) is 5.91 Å². The minimum atomic E-state index is -0.365. The van der Waals surface area contributed by atoms with E-state index in [4.69, 9.17) is 23.8 Å². The number of carbonyl (C=O) groups is 1. The Morgan fingerprint density at radius 2 is 1.97 bits per heavy atom. The Bertz CT molecular complexity index is 1300. The van der Waals surface area contributed by atoms with E-state index < -0.39 is 0 Å². The molecular weight excluding hydrogens is 440 g/mol. The monoisotopic (exact) mass is 456 g/mol. The molecule has 0 fully saturated rings. The smallest absolute Gasteiger partial charge is 0.258 e. The van der Waals surface area contributed by atoms with Crippen LogP contribution in [0.2, 0.25) is 5.02 Å². The fourth-order valence-electron chi connectivity index (χ4n) is 2.95. The number of rotatable bonds is 3. The first-order valence-corrected chi connectivity index (χ1v) is 10.6. The molecule has 0 saturated carbocycles. The normalized spacial score (nSPS) is 10.9. The highest BCUT2D eigenvalue weighted by Crippen LogP contribution is 2.31. The van der Waals surface area contributed by atoms with Crippen molar-refractivity contribution < 1.29 is 4.79 Å². The Hall–Kier alpha value is -2.88. The maximum Gasteiger partial charge on any atom is 0.258 e. The molecule has 30 heavy (non-hydrogen) atoms. The number of hydrogen-bond donors (Lipinski definition) is 2. The van der Waals surface area contributed by atoms with Crippen molar-refractivity contribution in [3.63, 3.8) is 0 Å². The topological polar surface area (TPSA) is 84.2 Å². The lowest BCUT2D eigenvalue weighted by Gasteiger charge is -2.14. The third-order valence-electron chi connectivity index (χ3n) is 4.56. The number of nitrogens with one attached hydrogen (secondary N) is 2. The van der Waals surface area contributed by atoms with Gasteiger partial charge in [0, 0.05) is 11.3 Å². The van der Waals surface area contributed by atoms with Gasteiger partial charge in [-0.05, 0) is 62.3 Å². The first-order valence-electron chi connectivity index (χ1n) is 9.01. The Kier molecular flexibility index (Phi) is 5.50. The molecule has 0 spiro atoms. The molecule has 1 amide bonds. The molecule has 4 aromatic rings. The van der Waals surface area contributed by atoms with Crippen LogP contribution >= 0.6 is 35.2 Å². The predicted molar refractivity (Wildman–Crippen MR) is 123 cm³/mol. The molecule has 0 aliphatic heterocycles. The number of thiocarbonyl (C=S) groups is 1. The molecule has 0 aliphatic carbocycles.